The Morgan fingerprint density at radius 2 is 1.73 bits per heavy atom. The zero-order valence-corrected chi connectivity index (χ0v) is 14.5. The van der Waals surface area contributed by atoms with Crippen molar-refractivity contribution in [3.63, 3.8) is 0 Å². The lowest BCUT2D eigenvalue weighted by atomic mass is 10.0. The topological polar surface area (TPSA) is 55.8 Å². The Kier molecular flexibility index (Phi) is 5.63. The van der Waals surface area contributed by atoms with Crippen LogP contribution >= 0.6 is 0 Å². The summed E-state index contributed by atoms with van der Waals surface area (Å²) in [5.41, 5.74) is 0.883. The van der Waals surface area contributed by atoms with Gasteiger partial charge in [0.25, 0.3) is 5.91 Å². The minimum Gasteiger partial charge on any atom is -0.484 e. The predicted molar refractivity (Wildman–Crippen MR) is 93.8 cm³/mol. The smallest absolute Gasteiger partial charge is 0.260 e. The molecule has 1 saturated heterocycles. The molecular formula is C20H20FNO4. The summed E-state index contributed by atoms with van der Waals surface area (Å²) in [5.74, 6) is -0.165. The SMILES string of the molecule is CC1CN(C(=O)COc2ccc(C(=O)c3ccc(F)cc3)cc2)CCO1. The number of hydrogen-bond donors (Lipinski definition) is 0. The molecule has 0 aliphatic carbocycles. The maximum atomic E-state index is 12.9. The molecule has 0 saturated carbocycles. The van der Waals surface area contributed by atoms with Gasteiger partial charge in [0.2, 0.25) is 0 Å². The molecule has 5 nitrogen and oxygen atoms in total. The maximum Gasteiger partial charge on any atom is 0.260 e. The van der Waals surface area contributed by atoms with E-state index in [0.717, 1.165) is 0 Å². The van der Waals surface area contributed by atoms with Crippen LogP contribution in [0.4, 0.5) is 4.39 Å². The first-order valence-corrected chi connectivity index (χ1v) is 8.45. The Morgan fingerprint density at radius 1 is 1.12 bits per heavy atom. The van der Waals surface area contributed by atoms with Crippen molar-refractivity contribution >= 4 is 11.7 Å². The molecule has 1 atom stereocenters. The van der Waals surface area contributed by atoms with Gasteiger partial charge in [-0.1, -0.05) is 0 Å². The Balaban J connectivity index is 1.56. The van der Waals surface area contributed by atoms with Gasteiger partial charge < -0.3 is 14.4 Å². The minimum atomic E-state index is -0.385. The van der Waals surface area contributed by atoms with Crippen LogP contribution in [0.3, 0.4) is 0 Å². The standard InChI is InChI=1S/C20H20FNO4/c1-14-12-22(10-11-25-14)19(23)13-26-18-8-4-16(5-9-18)20(24)15-2-6-17(21)7-3-15/h2-9,14H,10-13H2,1H3. The number of ketones is 1. The number of ether oxygens (including phenoxy) is 2. The number of hydrogen-bond acceptors (Lipinski definition) is 4. The Morgan fingerprint density at radius 3 is 2.35 bits per heavy atom. The quantitative estimate of drug-likeness (QED) is 0.772. The zero-order valence-electron chi connectivity index (χ0n) is 14.5. The molecule has 1 amide bonds. The second kappa shape index (κ2) is 8.10. The average molecular weight is 357 g/mol. The van der Waals surface area contributed by atoms with E-state index in [1.54, 1.807) is 29.2 Å². The molecule has 0 aromatic heterocycles. The van der Waals surface area contributed by atoms with Crippen LogP contribution < -0.4 is 4.74 Å². The molecule has 2 aromatic carbocycles. The van der Waals surface area contributed by atoms with Crippen LogP contribution in [0.15, 0.2) is 48.5 Å². The van der Waals surface area contributed by atoms with Gasteiger partial charge in [-0.25, -0.2) is 4.39 Å². The minimum absolute atomic E-state index is 0.0319. The van der Waals surface area contributed by atoms with Crippen molar-refractivity contribution in [2.75, 3.05) is 26.3 Å². The molecule has 1 fully saturated rings. The van der Waals surface area contributed by atoms with E-state index in [0.29, 0.717) is 36.6 Å². The van der Waals surface area contributed by atoms with Crippen molar-refractivity contribution in [1.29, 1.82) is 0 Å². The second-order valence-corrected chi connectivity index (χ2v) is 6.17. The van der Waals surface area contributed by atoms with Gasteiger partial charge in [-0.3, -0.25) is 9.59 Å². The number of morpholine rings is 1. The highest BCUT2D eigenvalue weighted by Crippen LogP contribution is 2.16. The highest BCUT2D eigenvalue weighted by molar-refractivity contribution is 6.09. The first-order chi connectivity index (χ1) is 12.5. The van der Waals surface area contributed by atoms with Crippen LogP contribution in [0.1, 0.15) is 22.8 Å². The summed E-state index contributed by atoms with van der Waals surface area (Å²) in [7, 11) is 0. The number of rotatable bonds is 5. The summed E-state index contributed by atoms with van der Waals surface area (Å²) >= 11 is 0. The fourth-order valence-corrected chi connectivity index (χ4v) is 2.75. The molecule has 1 aliphatic heterocycles. The molecular weight excluding hydrogens is 337 g/mol. The van der Waals surface area contributed by atoms with E-state index in [4.69, 9.17) is 9.47 Å². The van der Waals surface area contributed by atoms with Crippen LogP contribution in [0.25, 0.3) is 0 Å². The highest BCUT2D eigenvalue weighted by Gasteiger charge is 2.21. The summed E-state index contributed by atoms with van der Waals surface area (Å²) in [6.45, 7) is 3.53. The number of amides is 1. The maximum absolute atomic E-state index is 12.9. The van der Waals surface area contributed by atoms with Crippen LogP contribution in [-0.2, 0) is 9.53 Å². The van der Waals surface area contributed by atoms with Gasteiger partial charge in [0.05, 0.1) is 12.7 Å². The van der Waals surface area contributed by atoms with Gasteiger partial charge in [0.1, 0.15) is 11.6 Å². The summed E-state index contributed by atoms with van der Waals surface area (Å²) in [6.07, 6.45) is 0.0319. The molecule has 1 aliphatic rings. The van der Waals surface area contributed by atoms with Gasteiger partial charge >= 0.3 is 0 Å². The lowest BCUT2D eigenvalue weighted by Crippen LogP contribution is -2.46. The molecule has 136 valence electrons. The number of carbonyl (C=O) groups is 2. The molecule has 0 spiro atoms. The number of nitrogens with zero attached hydrogens (tertiary/aromatic N) is 1. The second-order valence-electron chi connectivity index (χ2n) is 6.17. The fourth-order valence-electron chi connectivity index (χ4n) is 2.75. The molecule has 1 heterocycles. The van der Waals surface area contributed by atoms with Crippen LogP contribution in [0, 0.1) is 5.82 Å². The largest absolute Gasteiger partial charge is 0.484 e. The van der Waals surface area contributed by atoms with Crippen molar-refractivity contribution in [3.8, 4) is 5.75 Å². The van der Waals surface area contributed by atoms with Crippen LogP contribution in [-0.4, -0.2) is 49.0 Å². The summed E-state index contributed by atoms with van der Waals surface area (Å²) in [6, 6.07) is 11.9. The summed E-state index contributed by atoms with van der Waals surface area (Å²) in [4.78, 5) is 26.2. The van der Waals surface area contributed by atoms with E-state index in [1.165, 1.54) is 24.3 Å². The average Bonchev–Trinajstić information content (AvgIpc) is 2.66. The van der Waals surface area contributed by atoms with Crippen molar-refractivity contribution in [3.05, 3.63) is 65.5 Å². The van der Waals surface area contributed by atoms with Gasteiger partial charge in [0.15, 0.2) is 12.4 Å². The van der Waals surface area contributed by atoms with Crippen LogP contribution in [0.2, 0.25) is 0 Å². The van der Waals surface area contributed by atoms with Gasteiger partial charge in [-0.05, 0) is 55.5 Å². The molecule has 2 aromatic rings. The third kappa shape index (κ3) is 4.46. The van der Waals surface area contributed by atoms with E-state index in [-0.39, 0.29) is 30.2 Å². The molecule has 1 unspecified atom stereocenters. The lowest BCUT2D eigenvalue weighted by molar-refractivity contribution is -0.140. The Hall–Kier alpha value is -2.73. The monoisotopic (exact) mass is 357 g/mol. The molecule has 0 N–H and O–H groups in total. The van der Waals surface area contributed by atoms with Gasteiger partial charge in [-0.15, -0.1) is 0 Å². The summed E-state index contributed by atoms with van der Waals surface area (Å²) < 4.78 is 23.9. The van der Waals surface area contributed by atoms with Gasteiger partial charge in [0, 0.05) is 24.2 Å². The molecule has 0 radical (unpaired) electrons. The fraction of sp³-hybridized carbons (Fsp3) is 0.300. The molecule has 0 bridgehead atoms. The van der Waals surface area contributed by atoms with Crippen molar-refractivity contribution < 1.29 is 23.5 Å². The van der Waals surface area contributed by atoms with Crippen LogP contribution in [0.5, 0.6) is 5.75 Å². The Labute approximate surface area is 151 Å². The molecule has 3 rings (SSSR count). The van der Waals surface area contributed by atoms with Crippen molar-refractivity contribution in [1.82, 2.24) is 4.90 Å². The third-order valence-electron chi connectivity index (χ3n) is 4.18. The van der Waals surface area contributed by atoms with E-state index >= 15 is 0 Å². The first-order valence-electron chi connectivity index (χ1n) is 8.45. The highest BCUT2D eigenvalue weighted by atomic mass is 19.1. The first kappa shape index (κ1) is 18.1. The van der Waals surface area contributed by atoms with Crippen molar-refractivity contribution in [2.45, 2.75) is 13.0 Å². The molecule has 6 heteroatoms. The normalized spacial score (nSPS) is 17.0. The summed E-state index contributed by atoms with van der Waals surface area (Å²) in [5, 5.41) is 0. The van der Waals surface area contributed by atoms with E-state index in [9.17, 15) is 14.0 Å². The molecule has 26 heavy (non-hydrogen) atoms. The van der Waals surface area contributed by atoms with Crippen molar-refractivity contribution in [2.24, 2.45) is 0 Å². The number of halogens is 1. The lowest BCUT2D eigenvalue weighted by Gasteiger charge is -2.31. The Bertz CT molecular complexity index is 773. The van der Waals surface area contributed by atoms with E-state index in [1.807, 2.05) is 6.92 Å². The zero-order chi connectivity index (χ0) is 18.5. The number of carbonyl (C=O) groups excluding carboxylic acids is 2. The third-order valence-corrected chi connectivity index (χ3v) is 4.18. The van der Waals surface area contributed by atoms with Gasteiger partial charge in [-0.2, -0.15) is 0 Å². The number of benzene rings is 2. The predicted octanol–water partition coefficient (Wildman–Crippen LogP) is 2.68. The van der Waals surface area contributed by atoms with E-state index < -0.39 is 0 Å². The van der Waals surface area contributed by atoms with E-state index in [2.05, 4.69) is 0 Å².